The first-order valence-electron chi connectivity index (χ1n) is 9.42. The molecule has 34 heavy (non-hydrogen) atoms. The van der Waals surface area contributed by atoms with Crippen LogP contribution in [-0.4, -0.2) is 22.3 Å². The highest BCUT2D eigenvalue weighted by Crippen LogP contribution is 2.75. The second-order valence-electron chi connectivity index (χ2n) is 7.06. The van der Waals surface area contributed by atoms with Crippen LogP contribution in [0.25, 0.3) is 4.13 Å². The van der Waals surface area contributed by atoms with Gasteiger partial charge in [0.2, 0.25) is 10.3 Å². The summed E-state index contributed by atoms with van der Waals surface area (Å²) in [5.74, 6) is -0.348. The maximum atomic E-state index is 12.5. The zero-order valence-electron chi connectivity index (χ0n) is 17.7. The molecule has 0 N–H and O–H groups in total. The molecule has 6 nitrogen and oxygen atoms in total. The molecule has 0 amide bonds. The van der Waals surface area contributed by atoms with E-state index in [4.69, 9.17) is 0 Å². The molecule has 184 valence electrons. The van der Waals surface area contributed by atoms with E-state index in [1.165, 1.54) is 12.1 Å². The molecule has 0 spiro atoms. The van der Waals surface area contributed by atoms with Gasteiger partial charge in [-0.25, -0.2) is 16.8 Å². The van der Waals surface area contributed by atoms with Gasteiger partial charge in [-0.3, -0.25) is 0 Å². The van der Waals surface area contributed by atoms with Crippen LogP contribution >= 0.6 is 28.4 Å². The van der Waals surface area contributed by atoms with Gasteiger partial charge in [0.1, 0.15) is 5.75 Å². The van der Waals surface area contributed by atoms with Crippen LogP contribution in [0.1, 0.15) is 11.1 Å². The Morgan fingerprint density at radius 3 is 1.59 bits per heavy atom. The molecule has 0 heterocycles. The monoisotopic (exact) mass is 644 g/mol. The first kappa shape index (κ1) is 26.8. The second-order valence-corrected chi connectivity index (χ2v) is 16.5. The van der Waals surface area contributed by atoms with E-state index < -0.39 is 33.0 Å². The van der Waals surface area contributed by atoms with Crippen LogP contribution in [0, 0.1) is 13.8 Å². The highest BCUT2D eigenvalue weighted by Gasteiger charge is 2.41. The lowest BCUT2D eigenvalue weighted by Crippen LogP contribution is -2.25. The van der Waals surface area contributed by atoms with Crippen LogP contribution in [0.15, 0.2) is 87.5 Å². The molecule has 0 bridgehead atoms. The highest BCUT2D eigenvalue weighted by atomic mass is 127. The minimum absolute atomic E-state index is 0.348. The van der Waals surface area contributed by atoms with Gasteiger partial charge < -0.3 is 8.31 Å². The van der Waals surface area contributed by atoms with Crippen molar-refractivity contribution >= 4 is 48.7 Å². The Kier molecular flexibility index (Phi) is 7.63. The number of halogens is 4. The molecule has 13 heteroatoms. The third kappa shape index (κ3) is 5.53. The lowest BCUT2D eigenvalue weighted by molar-refractivity contribution is -0.0425. The van der Waals surface area contributed by atoms with Crippen molar-refractivity contribution in [3.8, 4) is 5.75 Å². The number of hydrogen-bond donors (Lipinski definition) is 0. The maximum Gasteiger partial charge on any atom is 0.480 e. The molecule has 3 aromatic carbocycles. The number of rotatable bonds is 7. The van der Waals surface area contributed by atoms with Crippen molar-refractivity contribution in [3.63, 3.8) is 0 Å². The van der Waals surface area contributed by atoms with Crippen molar-refractivity contribution in [1.29, 1.82) is 0 Å². The molecular formula is C21H18F3INO5S3-. The van der Waals surface area contributed by atoms with Crippen molar-refractivity contribution in [1.82, 2.24) is 0 Å². The van der Waals surface area contributed by atoms with Gasteiger partial charge in [0.05, 0.1) is 0 Å². The summed E-state index contributed by atoms with van der Waals surface area (Å²) in [6.07, 6.45) is 0. The van der Waals surface area contributed by atoms with E-state index in [-0.39, 0.29) is 5.75 Å². The quantitative estimate of drug-likeness (QED) is 0.265. The van der Waals surface area contributed by atoms with Gasteiger partial charge in [0.25, 0.3) is 0 Å². The SMILES string of the molecule is Cc1cc(OS(=O)(=O)[N-]S(=O)(=O)C(F)(F)F)cc(C)c1S(I)(c1ccccc1)c1ccccc1. The van der Waals surface area contributed by atoms with Gasteiger partial charge in [0.15, 0.2) is 10.0 Å². The number of sulfonamides is 1. The van der Waals surface area contributed by atoms with E-state index in [1.807, 2.05) is 64.8 Å². The summed E-state index contributed by atoms with van der Waals surface area (Å²) in [6.45, 7) is 3.44. The molecule has 0 saturated heterocycles. The molecule has 3 aromatic rings. The van der Waals surface area contributed by atoms with Crippen molar-refractivity contribution in [3.05, 3.63) is 88.1 Å². The topological polar surface area (TPSA) is 91.6 Å². The van der Waals surface area contributed by atoms with E-state index in [0.29, 0.717) is 11.1 Å². The molecular weight excluding hydrogens is 626 g/mol. The number of hydrogen-bond acceptors (Lipinski definition) is 5. The fourth-order valence-electron chi connectivity index (χ4n) is 3.29. The predicted molar refractivity (Wildman–Crippen MR) is 133 cm³/mol. The van der Waals surface area contributed by atoms with Crippen LogP contribution in [0.5, 0.6) is 5.75 Å². The fourth-order valence-corrected chi connectivity index (χ4v) is 11.7. The minimum Gasteiger partial charge on any atom is -0.395 e. The number of nitrogens with zero attached hydrogens (tertiary/aromatic N) is 1. The minimum atomic E-state index is -6.28. The van der Waals surface area contributed by atoms with Crippen LogP contribution in [0.4, 0.5) is 13.2 Å². The molecule has 0 unspecified atom stereocenters. The molecule has 0 atom stereocenters. The first-order chi connectivity index (χ1) is 15.7. The number of alkyl halides is 3. The molecule has 0 aromatic heterocycles. The summed E-state index contributed by atoms with van der Waals surface area (Å²) in [5, 5.41) is 0. The Morgan fingerprint density at radius 1 is 0.794 bits per heavy atom. The fraction of sp³-hybridized carbons (Fsp3) is 0.143. The average molecular weight is 644 g/mol. The van der Waals surface area contributed by atoms with Crippen molar-refractivity contribution in [2.75, 3.05) is 0 Å². The van der Waals surface area contributed by atoms with Crippen molar-refractivity contribution in [2.24, 2.45) is 0 Å². The van der Waals surface area contributed by atoms with Crippen molar-refractivity contribution < 1.29 is 34.2 Å². The van der Waals surface area contributed by atoms with E-state index in [9.17, 15) is 30.0 Å². The van der Waals surface area contributed by atoms with E-state index >= 15 is 0 Å². The summed E-state index contributed by atoms with van der Waals surface area (Å²) < 4.78 is 90.3. The van der Waals surface area contributed by atoms with Crippen LogP contribution in [0.3, 0.4) is 0 Å². The van der Waals surface area contributed by atoms with Gasteiger partial charge >= 0.3 is 5.51 Å². The summed E-state index contributed by atoms with van der Waals surface area (Å²) in [5.41, 5.74) is -4.64. The lowest BCUT2D eigenvalue weighted by Gasteiger charge is -2.37. The molecule has 0 aliphatic heterocycles. The number of aryl methyl sites for hydroxylation is 2. The standard InChI is InChI=1S/C21H18F3INO5S3/c1-15-13-17(31-34(29,30)26-33(27,28)21(22,23)24)14-16(2)20(15)32(25,18-9-5-3-6-10-18)19-11-7-4-8-12-19/h3-14H,1-2H3/q-1. The van der Waals surface area contributed by atoms with E-state index in [1.54, 1.807) is 13.8 Å². The average Bonchev–Trinajstić information content (AvgIpc) is 2.72. The molecule has 3 rings (SSSR count). The first-order valence-corrected chi connectivity index (χ1v) is 16.4. The Morgan fingerprint density at radius 2 is 1.21 bits per heavy atom. The molecule has 0 aliphatic rings. The van der Waals surface area contributed by atoms with Gasteiger partial charge in [-0.05, 0) is 82.6 Å². The zero-order chi connectivity index (χ0) is 25.4. The normalized spacial score (nSPS) is 13.5. The van der Waals surface area contributed by atoms with Crippen LogP contribution < -0.4 is 4.18 Å². The van der Waals surface area contributed by atoms with Gasteiger partial charge in [-0.1, -0.05) is 36.4 Å². The van der Waals surface area contributed by atoms with Crippen molar-refractivity contribution in [2.45, 2.75) is 34.0 Å². The van der Waals surface area contributed by atoms with Gasteiger partial charge in [-0.15, -0.1) is 7.20 Å². The number of benzene rings is 3. The van der Waals surface area contributed by atoms with E-state index in [2.05, 4.69) is 25.4 Å². The Labute approximate surface area is 209 Å². The summed E-state index contributed by atoms with van der Waals surface area (Å²) >= 11 is 2.39. The van der Waals surface area contributed by atoms with Gasteiger partial charge in [0, 0.05) is 14.7 Å². The summed E-state index contributed by atoms with van der Waals surface area (Å²) in [4.78, 5) is 2.95. The third-order valence-corrected chi connectivity index (χ3v) is 14.5. The molecule has 0 aliphatic carbocycles. The van der Waals surface area contributed by atoms with E-state index in [0.717, 1.165) is 14.7 Å². The van der Waals surface area contributed by atoms with Gasteiger partial charge in [-0.2, -0.15) is 13.2 Å². The Hall–Kier alpha value is -1.81. The molecule has 0 saturated carbocycles. The Bertz CT molecular complexity index is 1340. The largest absolute Gasteiger partial charge is 0.480 e. The summed E-state index contributed by atoms with van der Waals surface area (Å²) in [6, 6.07) is 22.1. The maximum absolute atomic E-state index is 12.5. The molecule has 0 radical (unpaired) electrons. The Balaban J connectivity index is 2.09. The lowest BCUT2D eigenvalue weighted by atomic mass is 10.1. The third-order valence-electron chi connectivity index (χ3n) is 4.53. The summed E-state index contributed by atoms with van der Waals surface area (Å²) in [7, 11) is -13.6. The predicted octanol–water partition coefficient (Wildman–Crippen LogP) is 6.78. The molecule has 0 fully saturated rings. The van der Waals surface area contributed by atoms with Crippen LogP contribution in [-0.2, 0) is 20.3 Å². The highest BCUT2D eigenvalue weighted by molar-refractivity contribution is 14.2. The van der Waals surface area contributed by atoms with Crippen LogP contribution in [0.2, 0.25) is 0 Å². The second kappa shape index (κ2) is 9.68. The smallest absolute Gasteiger partial charge is 0.395 e. The zero-order valence-corrected chi connectivity index (χ0v) is 22.3.